The second-order valence-electron chi connectivity index (χ2n) is 4.50. The normalized spacial score (nSPS) is 10.4. The number of amides is 2. The summed E-state index contributed by atoms with van der Waals surface area (Å²) in [6.45, 7) is 1.93. The van der Waals surface area contributed by atoms with Gasteiger partial charge < -0.3 is 15.7 Å². The maximum absolute atomic E-state index is 12.3. The van der Waals surface area contributed by atoms with Crippen LogP contribution < -0.4 is 5.73 Å². The minimum atomic E-state index is -0.583. The van der Waals surface area contributed by atoms with E-state index in [4.69, 9.17) is 5.73 Å². The Kier molecular flexibility index (Phi) is 3.89. The van der Waals surface area contributed by atoms with Crippen LogP contribution in [-0.2, 0) is 4.79 Å². The van der Waals surface area contributed by atoms with Gasteiger partial charge in [0.15, 0.2) is 0 Å². The Hall–Kier alpha value is -2.56. The maximum Gasteiger partial charge on any atom is 0.258 e. The van der Waals surface area contributed by atoms with Crippen LogP contribution >= 0.6 is 0 Å². The first-order valence-corrected chi connectivity index (χ1v) is 6.32. The molecule has 2 rings (SSSR count). The van der Waals surface area contributed by atoms with Crippen LogP contribution in [0.15, 0.2) is 36.4 Å². The molecule has 0 aromatic heterocycles. The zero-order valence-corrected chi connectivity index (χ0v) is 11.2. The molecule has 0 aliphatic carbocycles. The lowest BCUT2D eigenvalue weighted by atomic mass is 10.0. The van der Waals surface area contributed by atoms with Crippen LogP contribution in [0.3, 0.4) is 0 Å². The average molecular weight is 272 g/mol. The molecule has 2 aromatic carbocycles. The molecule has 3 N–H and O–H groups in total. The molecule has 0 saturated heterocycles. The summed E-state index contributed by atoms with van der Waals surface area (Å²) in [7, 11) is 0. The predicted molar refractivity (Wildman–Crippen MR) is 76.4 cm³/mol. The summed E-state index contributed by atoms with van der Waals surface area (Å²) in [6, 6.07) is 10.6. The fraction of sp³-hybridized carbons (Fsp3) is 0.200. The highest BCUT2D eigenvalue weighted by Gasteiger charge is 2.19. The van der Waals surface area contributed by atoms with Gasteiger partial charge in [0.1, 0.15) is 5.75 Å². The predicted octanol–water partition coefficient (Wildman–Crippen LogP) is 1.49. The molecule has 104 valence electrons. The zero-order valence-electron chi connectivity index (χ0n) is 11.2. The first-order chi connectivity index (χ1) is 9.52. The Morgan fingerprint density at radius 2 is 1.80 bits per heavy atom. The highest BCUT2D eigenvalue weighted by Crippen LogP contribution is 2.26. The monoisotopic (exact) mass is 272 g/mol. The minimum absolute atomic E-state index is 0.100. The Bertz CT molecular complexity index is 667. The molecule has 0 aliphatic rings. The molecule has 0 aliphatic heterocycles. The molecule has 5 nitrogen and oxygen atoms in total. The Labute approximate surface area is 116 Å². The molecular formula is C15H16N2O3. The lowest BCUT2D eigenvalue weighted by molar-refractivity contribution is -0.118. The number of fused-ring (bicyclic) bond motifs is 1. The molecule has 2 aromatic rings. The van der Waals surface area contributed by atoms with Gasteiger partial charge in [-0.2, -0.15) is 0 Å². The van der Waals surface area contributed by atoms with Gasteiger partial charge in [-0.05, 0) is 29.8 Å². The van der Waals surface area contributed by atoms with E-state index in [0.717, 1.165) is 10.8 Å². The summed E-state index contributed by atoms with van der Waals surface area (Å²) >= 11 is 0. The van der Waals surface area contributed by atoms with Crippen LogP contribution in [0.4, 0.5) is 0 Å². The van der Waals surface area contributed by atoms with Crippen molar-refractivity contribution in [1.82, 2.24) is 4.90 Å². The van der Waals surface area contributed by atoms with Gasteiger partial charge in [-0.1, -0.05) is 24.3 Å². The summed E-state index contributed by atoms with van der Waals surface area (Å²) in [5, 5.41) is 11.7. The molecule has 0 heterocycles. The second kappa shape index (κ2) is 5.61. The van der Waals surface area contributed by atoms with Gasteiger partial charge in [0.25, 0.3) is 5.91 Å². The zero-order chi connectivity index (χ0) is 14.7. The molecule has 0 fully saturated rings. The van der Waals surface area contributed by atoms with Crippen LogP contribution in [0.1, 0.15) is 17.3 Å². The van der Waals surface area contributed by atoms with E-state index in [2.05, 4.69) is 0 Å². The summed E-state index contributed by atoms with van der Waals surface area (Å²) in [4.78, 5) is 24.6. The Morgan fingerprint density at radius 1 is 1.20 bits per heavy atom. The van der Waals surface area contributed by atoms with E-state index in [1.54, 1.807) is 19.1 Å². The highest BCUT2D eigenvalue weighted by atomic mass is 16.3. The average Bonchev–Trinajstić information content (AvgIpc) is 2.43. The van der Waals surface area contributed by atoms with Gasteiger partial charge in [-0.3, -0.25) is 9.59 Å². The fourth-order valence-corrected chi connectivity index (χ4v) is 2.09. The topological polar surface area (TPSA) is 83.6 Å². The van der Waals surface area contributed by atoms with E-state index in [-0.39, 0.29) is 17.9 Å². The number of likely N-dealkylation sites (N-methyl/N-ethyl adjacent to an activating group) is 1. The molecule has 0 unspecified atom stereocenters. The van der Waals surface area contributed by atoms with Gasteiger partial charge in [0.05, 0.1) is 12.1 Å². The third-order valence-electron chi connectivity index (χ3n) is 3.11. The van der Waals surface area contributed by atoms with Gasteiger partial charge in [0, 0.05) is 6.54 Å². The Morgan fingerprint density at radius 3 is 2.35 bits per heavy atom. The van der Waals surface area contributed by atoms with E-state index in [9.17, 15) is 14.7 Å². The molecule has 0 spiro atoms. The first-order valence-electron chi connectivity index (χ1n) is 6.32. The van der Waals surface area contributed by atoms with E-state index in [1.807, 2.05) is 24.3 Å². The molecule has 0 atom stereocenters. The van der Waals surface area contributed by atoms with Crippen molar-refractivity contribution < 1.29 is 14.7 Å². The van der Waals surface area contributed by atoms with Gasteiger partial charge in [-0.25, -0.2) is 0 Å². The van der Waals surface area contributed by atoms with E-state index >= 15 is 0 Å². The summed E-state index contributed by atoms with van der Waals surface area (Å²) in [6.07, 6.45) is 0. The number of phenolic OH excluding ortho intramolecular Hbond substituents is 1. The van der Waals surface area contributed by atoms with Crippen LogP contribution in [0.5, 0.6) is 5.75 Å². The fourth-order valence-electron chi connectivity index (χ4n) is 2.09. The molecule has 0 saturated carbocycles. The van der Waals surface area contributed by atoms with Crippen molar-refractivity contribution in [3.63, 3.8) is 0 Å². The number of nitrogens with two attached hydrogens (primary N) is 1. The van der Waals surface area contributed by atoms with Crippen molar-refractivity contribution in [3.8, 4) is 5.75 Å². The summed E-state index contributed by atoms with van der Waals surface area (Å²) < 4.78 is 0. The molecular weight excluding hydrogens is 256 g/mol. The van der Waals surface area contributed by atoms with Crippen molar-refractivity contribution in [2.45, 2.75) is 6.92 Å². The molecule has 20 heavy (non-hydrogen) atoms. The number of nitrogens with zero attached hydrogens (tertiary/aromatic N) is 1. The van der Waals surface area contributed by atoms with Crippen molar-refractivity contribution in [1.29, 1.82) is 0 Å². The van der Waals surface area contributed by atoms with Crippen LogP contribution in [0, 0.1) is 0 Å². The minimum Gasteiger partial charge on any atom is -0.507 e. The third-order valence-corrected chi connectivity index (χ3v) is 3.11. The highest BCUT2D eigenvalue weighted by molar-refractivity contribution is 6.02. The van der Waals surface area contributed by atoms with Crippen molar-refractivity contribution in [2.24, 2.45) is 5.73 Å². The quantitative estimate of drug-likeness (QED) is 0.884. The molecule has 0 radical (unpaired) electrons. The number of hydrogen-bond acceptors (Lipinski definition) is 3. The first kappa shape index (κ1) is 13.9. The molecule has 0 bridgehead atoms. The second-order valence-corrected chi connectivity index (χ2v) is 4.50. The van der Waals surface area contributed by atoms with Crippen molar-refractivity contribution >= 4 is 22.6 Å². The largest absolute Gasteiger partial charge is 0.507 e. The third kappa shape index (κ3) is 2.71. The molecule has 2 amide bonds. The van der Waals surface area contributed by atoms with E-state index in [0.29, 0.717) is 6.54 Å². The standard InChI is InChI=1S/C15H16N2O3/c1-2-17(9-14(16)19)15(20)12-7-10-5-3-4-6-11(10)8-13(12)18/h3-8,18H,2,9H2,1H3,(H2,16,19). The van der Waals surface area contributed by atoms with Gasteiger partial charge in [0.2, 0.25) is 5.91 Å². The number of benzene rings is 2. The van der Waals surface area contributed by atoms with E-state index in [1.165, 1.54) is 4.90 Å². The smallest absolute Gasteiger partial charge is 0.258 e. The maximum atomic E-state index is 12.3. The number of hydrogen-bond donors (Lipinski definition) is 2. The lowest BCUT2D eigenvalue weighted by Gasteiger charge is -2.19. The van der Waals surface area contributed by atoms with E-state index < -0.39 is 11.8 Å². The number of primary amides is 1. The van der Waals surface area contributed by atoms with Crippen molar-refractivity contribution in [3.05, 3.63) is 42.0 Å². The SMILES string of the molecule is CCN(CC(N)=O)C(=O)c1cc2ccccc2cc1O. The number of phenols is 1. The van der Waals surface area contributed by atoms with Crippen LogP contribution in [0.25, 0.3) is 10.8 Å². The number of aromatic hydroxyl groups is 1. The molecule has 5 heteroatoms. The van der Waals surface area contributed by atoms with Crippen LogP contribution in [0.2, 0.25) is 0 Å². The van der Waals surface area contributed by atoms with Gasteiger partial charge in [-0.15, -0.1) is 0 Å². The lowest BCUT2D eigenvalue weighted by Crippen LogP contribution is -2.38. The summed E-state index contributed by atoms with van der Waals surface area (Å²) in [5.74, 6) is -1.09. The number of carbonyl (C=O) groups excluding carboxylic acids is 2. The van der Waals surface area contributed by atoms with Crippen molar-refractivity contribution in [2.75, 3.05) is 13.1 Å². The van der Waals surface area contributed by atoms with Gasteiger partial charge >= 0.3 is 0 Å². The van der Waals surface area contributed by atoms with Crippen LogP contribution in [-0.4, -0.2) is 34.9 Å². The number of carbonyl (C=O) groups is 2. The number of rotatable bonds is 4. The Balaban J connectivity index is 2.43. The summed E-state index contributed by atoms with van der Waals surface area (Å²) in [5.41, 5.74) is 5.29.